The number of aromatic nitrogens is 1. The lowest BCUT2D eigenvalue weighted by Gasteiger charge is -2.08. The summed E-state index contributed by atoms with van der Waals surface area (Å²) in [5.74, 6) is -0.0719. The van der Waals surface area contributed by atoms with E-state index in [4.69, 9.17) is 11.6 Å². The van der Waals surface area contributed by atoms with Crippen LogP contribution >= 0.6 is 11.6 Å². The van der Waals surface area contributed by atoms with E-state index in [0.29, 0.717) is 16.1 Å². The molecule has 0 fully saturated rings. The molecule has 20 heavy (non-hydrogen) atoms. The molecule has 0 aliphatic carbocycles. The van der Waals surface area contributed by atoms with Crippen LogP contribution in [0.5, 0.6) is 0 Å². The number of rotatable bonds is 2. The fraction of sp³-hybridized carbons (Fsp3) is 0.0588. The zero-order valence-electron chi connectivity index (χ0n) is 10.9. The van der Waals surface area contributed by atoms with E-state index in [-0.39, 0.29) is 5.78 Å². The average Bonchev–Trinajstić information content (AvgIpc) is 2.49. The Kier molecular flexibility index (Phi) is 3.25. The molecule has 0 N–H and O–H groups in total. The normalized spacial score (nSPS) is 10.7. The molecule has 0 bridgehead atoms. The van der Waals surface area contributed by atoms with Crippen LogP contribution in [0.15, 0.2) is 54.7 Å². The molecule has 0 aliphatic rings. The molecule has 1 heterocycles. The van der Waals surface area contributed by atoms with Crippen LogP contribution in [0.2, 0.25) is 5.02 Å². The highest BCUT2D eigenvalue weighted by Crippen LogP contribution is 2.26. The summed E-state index contributed by atoms with van der Waals surface area (Å²) in [5.41, 5.74) is 2.86. The molecule has 3 heteroatoms. The Morgan fingerprint density at radius 1 is 1.00 bits per heavy atom. The molecular weight excluding hydrogens is 270 g/mol. The summed E-state index contributed by atoms with van der Waals surface area (Å²) < 4.78 is 0. The summed E-state index contributed by atoms with van der Waals surface area (Å²) in [6.07, 6.45) is 1.72. The molecule has 2 aromatic carbocycles. The number of hydrogen-bond acceptors (Lipinski definition) is 2. The van der Waals surface area contributed by atoms with E-state index >= 15 is 0 Å². The smallest absolute Gasteiger partial charge is 0.195 e. The van der Waals surface area contributed by atoms with Gasteiger partial charge in [-0.15, -0.1) is 0 Å². The second-order valence-electron chi connectivity index (χ2n) is 4.64. The zero-order valence-corrected chi connectivity index (χ0v) is 11.7. The van der Waals surface area contributed by atoms with Gasteiger partial charge in [0.15, 0.2) is 5.78 Å². The Morgan fingerprint density at radius 3 is 2.60 bits per heavy atom. The maximum atomic E-state index is 12.7. The van der Waals surface area contributed by atoms with Gasteiger partial charge < -0.3 is 0 Å². The Labute approximate surface area is 122 Å². The fourth-order valence-corrected chi connectivity index (χ4v) is 2.48. The first-order chi connectivity index (χ1) is 9.68. The van der Waals surface area contributed by atoms with Crippen molar-refractivity contribution in [3.05, 3.63) is 76.4 Å². The summed E-state index contributed by atoms with van der Waals surface area (Å²) >= 11 is 6.25. The molecule has 98 valence electrons. The van der Waals surface area contributed by atoms with E-state index in [1.54, 1.807) is 12.3 Å². The van der Waals surface area contributed by atoms with Crippen molar-refractivity contribution in [1.29, 1.82) is 0 Å². The Bertz CT molecular complexity index is 806. The van der Waals surface area contributed by atoms with Crippen molar-refractivity contribution < 1.29 is 4.79 Å². The molecule has 0 atom stereocenters. The minimum absolute atomic E-state index is 0.0719. The summed E-state index contributed by atoms with van der Waals surface area (Å²) in [6, 6.07) is 14.8. The number of aryl methyl sites for hydroxylation is 1. The van der Waals surface area contributed by atoms with Crippen molar-refractivity contribution >= 4 is 28.3 Å². The number of pyridine rings is 1. The number of benzene rings is 2. The summed E-state index contributed by atoms with van der Waals surface area (Å²) in [4.78, 5) is 17.0. The molecular formula is C17H12ClNO. The first kappa shape index (κ1) is 12.8. The Morgan fingerprint density at radius 2 is 1.75 bits per heavy atom. The third-order valence-corrected chi connectivity index (χ3v) is 3.83. The number of halogens is 1. The standard InChI is InChI=1S/C17H12ClNO/c1-11-5-2-7-14(16(11)18)17(20)13-6-3-9-15-12(13)8-4-10-19-15/h2-10H,1H3. The fourth-order valence-electron chi connectivity index (χ4n) is 2.27. The number of hydrogen-bond donors (Lipinski definition) is 0. The summed E-state index contributed by atoms with van der Waals surface area (Å²) in [6.45, 7) is 1.89. The van der Waals surface area contributed by atoms with Crippen molar-refractivity contribution in [3.63, 3.8) is 0 Å². The van der Waals surface area contributed by atoms with Gasteiger partial charge in [0, 0.05) is 22.7 Å². The molecule has 0 saturated carbocycles. The molecule has 0 spiro atoms. The number of carbonyl (C=O) groups excluding carboxylic acids is 1. The van der Waals surface area contributed by atoms with Gasteiger partial charge in [0.25, 0.3) is 0 Å². The third-order valence-electron chi connectivity index (χ3n) is 3.33. The number of carbonyl (C=O) groups is 1. The van der Waals surface area contributed by atoms with Crippen LogP contribution in [-0.2, 0) is 0 Å². The minimum atomic E-state index is -0.0719. The predicted octanol–water partition coefficient (Wildman–Crippen LogP) is 4.43. The first-order valence-corrected chi connectivity index (χ1v) is 6.70. The Balaban J connectivity index is 2.21. The van der Waals surface area contributed by atoms with E-state index in [0.717, 1.165) is 16.5 Å². The van der Waals surface area contributed by atoms with E-state index in [1.165, 1.54) is 0 Å². The average molecular weight is 282 g/mol. The van der Waals surface area contributed by atoms with Gasteiger partial charge in [-0.25, -0.2) is 0 Å². The largest absolute Gasteiger partial charge is 0.289 e. The van der Waals surface area contributed by atoms with E-state index in [2.05, 4.69) is 4.98 Å². The highest BCUT2D eigenvalue weighted by molar-refractivity contribution is 6.36. The third kappa shape index (κ3) is 2.08. The van der Waals surface area contributed by atoms with Crippen molar-refractivity contribution in [2.75, 3.05) is 0 Å². The van der Waals surface area contributed by atoms with Crippen molar-refractivity contribution in [3.8, 4) is 0 Å². The second kappa shape index (κ2) is 5.06. The lowest BCUT2D eigenvalue weighted by atomic mass is 9.98. The van der Waals surface area contributed by atoms with Gasteiger partial charge in [0.05, 0.1) is 10.5 Å². The van der Waals surface area contributed by atoms with E-state index in [9.17, 15) is 4.79 Å². The molecule has 2 nitrogen and oxygen atoms in total. The van der Waals surface area contributed by atoms with E-state index < -0.39 is 0 Å². The zero-order chi connectivity index (χ0) is 14.1. The van der Waals surface area contributed by atoms with Crippen molar-refractivity contribution in [2.24, 2.45) is 0 Å². The Hall–Kier alpha value is -2.19. The molecule has 1 aromatic heterocycles. The monoisotopic (exact) mass is 281 g/mol. The van der Waals surface area contributed by atoms with Crippen LogP contribution in [0.3, 0.4) is 0 Å². The predicted molar refractivity (Wildman–Crippen MR) is 81.4 cm³/mol. The number of ketones is 1. The highest BCUT2D eigenvalue weighted by Gasteiger charge is 2.16. The number of nitrogens with zero attached hydrogens (tertiary/aromatic N) is 1. The van der Waals surface area contributed by atoms with Crippen LogP contribution in [-0.4, -0.2) is 10.8 Å². The molecule has 0 radical (unpaired) electrons. The summed E-state index contributed by atoms with van der Waals surface area (Å²) in [5, 5.41) is 1.36. The van der Waals surface area contributed by atoms with Gasteiger partial charge in [-0.1, -0.05) is 41.9 Å². The topological polar surface area (TPSA) is 30.0 Å². The molecule has 3 rings (SSSR count). The first-order valence-electron chi connectivity index (χ1n) is 6.32. The molecule has 0 aliphatic heterocycles. The van der Waals surface area contributed by atoms with Crippen LogP contribution in [0.25, 0.3) is 10.9 Å². The van der Waals surface area contributed by atoms with Gasteiger partial charge in [-0.05, 0) is 30.7 Å². The van der Waals surface area contributed by atoms with Crippen LogP contribution < -0.4 is 0 Å². The lowest BCUT2D eigenvalue weighted by Crippen LogP contribution is -2.04. The molecule has 3 aromatic rings. The summed E-state index contributed by atoms with van der Waals surface area (Å²) in [7, 11) is 0. The maximum Gasteiger partial charge on any atom is 0.195 e. The minimum Gasteiger partial charge on any atom is -0.289 e. The van der Waals surface area contributed by atoms with Gasteiger partial charge in [0.1, 0.15) is 0 Å². The highest BCUT2D eigenvalue weighted by atomic mass is 35.5. The van der Waals surface area contributed by atoms with Gasteiger partial charge in [0.2, 0.25) is 0 Å². The van der Waals surface area contributed by atoms with Gasteiger partial charge >= 0.3 is 0 Å². The lowest BCUT2D eigenvalue weighted by molar-refractivity contribution is 0.104. The quantitative estimate of drug-likeness (QED) is 0.651. The van der Waals surface area contributed by atoms with Crippen LogP contribution in [0.4, 0.5) is 0 Å². The maximum absolute atomic E-state index is 12.7. The van der Waals surface area contributed by atoms with Gasteiger partial charge in [-0.2, -0.15) is 0 Å². The molecule has 0 amide bonds. The van der Waals surface area contributed by atoms with Gasteiger partial charge in [-0.3, -0.25) is 9.78 Å². The second-order valence-corrected chi connectivity index (χ2v) is 5.02. The van der Waals surface area contributed by atoms with Crippen molar-refractivity contribution in [1.82, 2.24) is 4.98 Å². The van der Waals surface area contributed by atoms with Crippen molar-refractivity contribution in [2.45, 2.75) is 6.92 Å². The SMILES string of the molecule is Cc1cccc(C(=O)c2cccc3ncccc23)c1Cl. The van der Waals surface area contributed by atoms with Crippen LogP contribution in [0, 0.1) is 6.92 Å². The van der Waals surface area contributed by atoms with E-state index in [1.807, 2.05) is 49.4 Å². The molecule has 0 saturated heterocycles. The molecule has 0 unspecified atom stereocenters. The van der Waals surface area contributed by atoms with Crippen LogP contribution in [0.1, 0.15) is 21.5 Å². The number of fused-ring (bicyclic) bond motifs is 1.